The summed E-state index contributed by atoms with van der Waals surface area (Å²) in [6.07, 6.45) is 0. The highest BCUT2D eigenvalue weighted by atomic mass is 32.1. The van der Waals surface area contributed by atoms with Crippen LogP contribution in [0.25, 0.3) is 11.1 Å². The summed E-state index contributed by atoms with van der Waals surface area (Å²) in [6, 6.07) is 26.7. The van der Waals surface area contributed by atoms with Gasteiger partial charge >= 0.3 is 0 Å². The molecule has 40 heavy (non-hydrogen) atoms. The number of methoxy groups -OCH3 is 2. The molecule has 0 saturated heterocycles. The van der Waals surface area contributed by atoms with E-state index in [1.807, 2.05) is 106 Å². The van der Waals surface area contributed by atoms with Gasteiger partial charge in [0.15, 0.2) is 14.3 Å². The van der Waals surface area contributed by atoms with Crippen molar-refractivity contribution < 1.29 is 18.6 Å². The van der Waals surface area contributed by atoms with E-state index in [-0.39, 0.29) is 0 Å². The Kier molecular flexibility index (Phi) is 7.75. The molecule has 202 valence electrons. The lowest BCUT2D eigenvalue weighted by Crippen LogP contribution is -2.27. The molecule has 0 fully saturated rings. The van der Waals surface area contributed by atoms with Crippen molar-refractivity contribution in [1.29, 1.82) is 0 Å². The summed E-state index contributed by atoms with van der Waals surface area (Å²) in [6.45, 7) is 0. The minimum absolute atomic E-state index is 0.542. The summed E-state index contributed by atoms with van der Waals surface area (Å²) in [5.41, 5.74) is 1.27. The summed E-state index contributed by atoms with van der Waals surface area (Å²) in [4.78, 5) is 0. The molecule has 0 amide bonds. The average Bonchev–Trinajstić information content (AvgIpc) is 3.82. The third kappa shape index (κ3) is 4.39. The van der Waals surface area contributed by atoms with Crippen molar-refractivity contribution in [2.75, 3.05) is 14.2 Å². The lowest BCUT2D eigenvalue weighted by atomic mass is 10.0. The first kappa shape index (κ1) is 27.5. The van der Waals surface area contributed by atoms with E-state index in [2.05, 4.69) is 0 Å². The largest absolute Gasteiger partial charge is 0.496 e. The van der Waals surface area contributed by atoms with Crippen molar-refractivity contribution >= 4 is 88.7 Å². The monoisotopic (exact) mass is 638 g/mol. The van der Waals surface area contributed by atoms with Crippen LogP contribution in [0.5, 0.6) is 11.5 Å². The van der Waals surface area contributed by atoms with Crippen molar-refractivity contribution in [3.8, 4) is 22.6 Å². The van der Waals surface area contributed by atoms with Crippen molar-refractivity contribution in [3.05, 3.63) is 106 Å². The molecule has 4 aromatic heterocycles. The molecular weight excluding hydrogens is 615 g/mol. The Morgan fingerprint density at radius 3 is 1.05 bits per heavy atom. The third-order valence-corrected chi connectivity index (χ3v) is 18.9. The average molecular weight is 639 g/mol. The quantitative estimate of drug-likeness (QED) is 0.162. The van der Waals surface area contributed by atoms with Crippen molar-refractivity contribution in [2.24, 2.45) is 0 Å². The van der Waals surface area contributed by atoms with Gasteiger partial charge in [0, 0.05) is 21.7 Å². The van der Waals surface area contributed by atoms with E-state index in [9.17, 15) is 0 Å². The molecule has 0 radical (unpaired) electrons. The predicted molar refractivity (Wildman–Crippen MR) is 175 cm³/mol. The molecule has 0 N–H and O–H groups in total. The van der Waals surface area contributed by atoms with E-state index in [4.69, 9.17) is 9.47 Å². The minimum Gasteiger partial charge on any atom is -0.496 e. The number of hydrogen-bond donors (Lipinski definition) is 0. The van der Waals surface area contributed by atoms with Crippen LogP contribution in [0.4, 0.5) is 0 Å². The standard InChI is InChI=1S/C30H24O4P2S4/c1-33-21-9-3-11-23(35(31,25-13-5-17-37-25)26-14-6-18-38-26)29(21)30-22(34-2)10-4-12-24(30)36(32,27-15-7-19-39-27)28-16-8-20-40-28/h3-20H,1-2H3. The molecule has 10 heteroatoms. The van der Waals surface area contributed by atoms with Gasteiger partial charge in [0.1, 0.15) is 11.5 Å². The van der Waals surface area contributed by atoms with Crippen LogP contribution in [0.2, 0.25) is 0 Å². The molecule has 6 rings (SSSR count). The van der Waals surface area contributed by atoms with Gasteiger partial charge < -0.3 is 18.6 Å². The highest BCUT2D eigenvalue weighted by Crippen LogP contribution is 2.54. The summed E-state index contributed by atoms with van der Waals surface area (Å²) in [7, 11) is -3.44. The van der Waals surface area contributed by atoms with Gasteiger partial charge in [0.05, 0.1) is 32.7 Å². The number of benzene rings is 2. The summed E-state index contributed by atoms with van der Waals surface area (Å²) >= 11 is 5.90. The fourth-order valence-corrected chi connectivity index (χ4v) is 16.8. The highest BCUT2D eigenvalue weighted by molar-refractivity contribution is 7.93. The van der Waals surface area contributed by atoms with E-state index >= 15 is 9.13 Å². The molecule has 2 aromatic carbocycles. The van der Waals surface area contributed by atoms with Crippen LogP contribution in [0.15, 0.2) is 106 Å². The molecule has 0 unspecified atom stereocenters. The zero-order chi connectivity index (χ0) is 27.7. The van der Waals surface area contributed by atoms with Gasteiger partial charge in [0.2, 0.25) is 0 Å². The molecule has 0 aliphatic heterocycles. The normalized spacial score (nSPS) is 11.9. The number of thiophene rings is 4. The van der Waals surface area contributed by atoms with E-state index in [0.29, 0.717) is 33.2 Å². The Labute approximate surface area is 249 Å². The molecule has 0 bridgehead atoms. The third-order valence-electron chi connectivity index (χ3n) is 6.64. The molecule has 0 spiro atoms. The fourth-order valence-electron chi connectivity index (χ4n) is 4.90. The van der Waals surface area contributed by atoms with Gasteiger partial charge in [-0.3, -0.25) is 0 Å². The van der Waals surface area contributed by atoms with Gasteiger partial charge in [-0.15, -0.1) is 45.3 Å². The first-order valence-corrected chi connectivity index (χ1v) is 19.2. The van der Waals surface area contributed by atoms with Crippen molar-refractivity contribution in [2.45, 2.75) is 0 Å². The first-order chi connectivity index (χ1) is 19.5. The smallest absolute Gasteiger partial charge is 0.190 e. The Hall–Kier alpha value is -2.70. The minimum atomic E-state index is -3.33. The molecular formula is C30H24O4P2S4. The van der Waals surface area contributed by atoms with E-state index in [1.54, 1.807) is 14.2 Å². The molecule has 4 nitrogen and oxygen atoms in total. The van der Waals surface area contributed by atoms with Crippen LogP contribution in [-0.4, -0.2) is 14.2 Å². The number of hydrogen-bond acceptors (Lipinski definition) is 8. The molecule has 4 heterocycles. The fraction of sp³-hybridized carbons (Fsp3) is 0.0667. The molecule has 0 aliphatic rings. The van der Waals surface area contributed by atoms with Gasteiger partial charge in [0.25, 0.3) is 0 Å². The SMILES string of the molecule is COc1cccc(P(=O)(c2cccs2)c2cccs2)c1-c1c(OC)cccc1P(=O)(c1cccs1)c1cccs1. The Bertz CT molecular complexity index is 1610. The van der Waals surface area contributed by atoms with Crippen molar-refractivity contribution in [3.63, 3.8) is 0 Å². The highest BCUT2D eigenvalue weighted by Gasteiger charge is 2.40. The van der Waals surface area contributed by atoms with E-state index in [0.717, 1.165) is 18.5 Å². The van der Waals surface area contributed by atoms with Gasteiger partial charge in [-0.1, -0.05) is 36.4 Å². The second kappa shape index (κ2) is 11.3. The van der Waals surface area contributed by atoms with Gasteiger partial charge in [-0.25, -0.2) is 0 Å². The topological polar surface area (TPSA) is 52.6 Å². The van der Waals surface area contributed by atoms with E-state index < -0.39 is 14.3 Å². The summed E-state index contributed by atoms with van der Waals surface area (Å²) in [5, 5.41) is 9.06. The van der Waals surface area contributed by atoms with Crippen LogP contribution >= 0.6 is 59.6 Å². The molecule has 6 aromatic rings. The Morgan fingerprint density at radius 2 is 0.800 bits per heavy atom. The molecule has 0 aliphatic carbocycles. The second-order valence-corrected chi connectivity index (χ2v) is 19.1. The lowest BCUT2D eigenvalue weighted by Gasteiger charge is -2.26. The van der Waals surface area contributed by atoms with Crippen molar-refractivity contribution in [1.82, 2.24) is 0 Å². The number of rotatable bonds is 9. The van der Waals surface area contributed by atoms with Gasteiger partial charge in [-0.05, 0) is 70.1 Å². The summed E-state index contributed by atoms with van der Waals surface area (Å²) in [5.74, 6) is 1.08. The zero-order valence-electron chi connectivity index (χ0n) is 21.6. The van der Waals surface area contributed by atoms with Crippen LogP contribution in [0.1, 0.15) is 0 Å². The lowest BCUT2D eigenvalue weighted by molar-refractivity contribution is 0.411. The maximum Gasteiger partial charge on any atom is 0.190 e. The first-order valence-electron chi connectivity index (χ1n) is 12.3. The predicted octanol–water partition coefficient (Wildman–Crippen LogP) is 6.90. The summed E-state index contributed by atoms with van der Waals surface area (Å²) < 4.78 is 46.0. The number of ether oxygens (including phenoxy) is 2. The van der Waals surface area contributed by atoms with Crippen LogP contribution < -0.4 is 38.6 Å². The maximum atomic E-state index is 15.5. The van der Waals surface area contributed by atoms with Crippen LogP contribution in [-0.2, 0) is 9.13 Å². The maximum absolute atomic E-state index is 15.5. The van der Waals surface area contributed by atoms with Crippen LogP contribution in [0.3, 0.4) is 0 Å². The van der Waals surface area contributed by atoms with E-state index in [1.165, 1.54) is 45.3 Å². The Balaban J connectivity index is 1.76. The molecule has 0 atom stereocenters. The second-order valence-electron chi connectivity index (χ2n) is 8.73. The van der Waals surface area contributed by atoms with Crippen LogP contribution in [0, 0.1) is 0 Å². The molecule has 0 saturated carbocycles. The zero-order valence-corrected chi connectivity index (χ0v) is 26.6. The Morgan fingerprint density at radius 1 is 0.475 bits per heavy atom. The van der Waals surface area contributed by atoms with Gasteiger partial charge in [-0.2, -0.15) is 0 Å².